The molecule has 0 unspecified atom stereocenters. The van der Waals surface area contributed by atoms with Gasteiger partial charge in [0.05, 0.1) is 21.3 Å². The maximum atomic E-state index is 13.0. The van der Waals surface area contributed by atoms with Gasteiger partial charge < -0.3 is 0 Å². The molecule has 28 heavy (non-hydrogen) atoms. The van der Waals surface area contributed by atoms with Crippen molar-refractivity contribution in [1.29, 1.82) is 5.26 Å². The van der Waals surface area contributed by atoms with Crippen LogP contribution in [0.15, 0.2) is 58.3 Å². The number of aryl methyl sites for hydroxylation is 1. The molecular weight excluding hydrogens is 417 g/mol. The Balaban J connectivity index is 2.16. The molecule has 0 N–H and O–H groups in total. The summed E-state index contributed by atoms with van der Waals surface area (Å²) in [5.74, 6) is 0. The first-order valence-electron chi connectivity index (χ1n) is 8.19. The molecule has 0 saturated heterocycles. The molecule has 0 bridgehead atoms. The lowest BCUT2D eigenvalue weighted by Gasteiger charge is -2.07. The molecule has 0 aliphatic rings. The lowest BCUT2D eigenvalue weighted by Crippen LogP contribution is -2.05. The number of para-hydroxylation sites is 1. The second-order valence-corrected chi connectivity index (χ2v) is 8.76. The summed E-state index contributed by atoms with van der Waals surface area (Å²) in [5, 5.41) is 14.2. The fourth-order valence-corrected chi connectivity index (χ4v) is 4.68. The smallest absolute Gasteiger partial charge is 0.218 e. The lowest BCUT2D eigenvalue weighted by molar-refractivity contribution is 0.603. The number of rotatable bonds is 4. The zero-order valence-electron chi connectivity index (χ0n) is 15.0. The number of nitrogens with zero attached hydrogens (tertiary/aromatic N) is 3. The van der Waals surface area contributed by atoms with Crippen LogP contribution in [0.5, 0.6) is 0 Å². The monoisotopic (exact) mass is 431 g/mol. The first-order valence-corrected chi connectivity index (χ1v) is 10.4. The van der Waals surface area contributed by atoms with E-state index in [1.165, 1.54) is 24.3 Å². The maximum Gasteiger partial charge on any atom is 0.218 e. The Morgan fingerprint density at radius 3 is 2.46 bits per heavy atom. The van der Waals surface area contributed by atoms with Gasteiger partial charge in [-0.15, -0.1) is 0 Å². The first kappa shape index (κ1) is 20.2. The molecule has 0 aliphatic carbocycles. The number of hydrogen-bond acceptors (Lipinski definition) is 4. The van der Waals surface area contributed by atoms with Crippen LogP contribution in [0.3, 0.4) is 0 Å². The van der Waals surface area contributed by atoms with Crippen LogP contribution in [0.1, 0.15) is 17.0 Å². The molecule has 8 heteroatoms. The first-order chi connectivity index (χ1) is 13.3. The van der Waals surface area contributed by atoms with Gasteiger partial charge >= 0.3 is 0 Å². The third-order valence-electron chi connectivity index (χ3n) is 4.21. The van der Waals surface area contributed by atoms with Crippen molar-refractivity contribution in [2.24, 2.45) is 0 Å². The molecule has 0 spiro atoms. The Hall–Kier alpha value is -2.59. The van der Waals surface area contributed by atoms with Gasteiger partial charge in [-0.2, -0.15) is 10.4 Å². The van der Waals surface area contributed by atoms with Crippen LogP contribution in [0, 0.1) is 25.2 Å². The summed E-state index contributed by atoms with van der Waals surface area (Å²) in [6.45, 7) is 3.57. The highest BCUT2D eigenvalue weighted by Gasteiger charge is 2.25. The van der Waals surface area contributed by atoms with Crippen molar-refractivity contribution >= 4 is 39.1 Å². The van der Waals surface area contributed by atoms with Crippen LogP contribution >= 0.6 is 23.2 Å². The minimum absolute atomic E-state index is 0.000949. The van der Waals surface area contributed by atoms with Crippen molar-refractivity contribution in [1.82, 2.24) is 9.78 Å². The SMILES string of the molecule is Cc1nn(-c2ccccc2)c(C)c1/C=C(/C#N)S(=O)(=O)c1cc(Cl)ccc1Cl. The standard InChI is InChI=1S/C20H15Cl2N3O2S/c1-13-18(14(2)25(24-13)16-6-4-3-5-7-16)11-17(12-23)28(26,27)20-10-15(21)8-9-19(20)22/h3-11H,1-2H3/b17-11-. The molecule has 0 amide bonds. The minimum atomic E-state index is -4.14. The fourth-order valence-electron chi connectivity index (χ4n) is 2.79. The predicted molar refractivity (Wildman–Crippen MR) is 110 cm³/mol. The van der Waals surface area contributed by atoms with Crippen molar-refractivity contribution in [2.75, 3.05) is 0 Å². The predicted octanol–water partition coefficient (Wildman–Crippen LogP) is 5.13. The molecule has 0 atom stereocenters. The largest absolute Gasteiger partial charge is 0.237 e. The van der Waals surface area contributed by atoms with Gasteiger partial charge in [0, 0.05) is 16.3 Å². The second kappa shape index (κ2) is 7.80. The van der Waals surface area contributed by atoms with E-state index in [1.807, 2.05) is 37.3 Å². The second-order valence-electron chi connectivity index (χ2n) is 6.03. The summed E-state index contributed by atoms with van der Waals surface area (Å²) in [6.07, 6.45) is 1.32. The molecule has 1 aromatic heterocycles. The average Bonchev–Trinajstić information content (AvgIpc) is 2.96. The van der Waals surface area contributed by atoms with Crippen LogP contribution in [-0.2, 0) is 9.84 Å². The third kappa shape index (κ3) is 3.69. The Morgan fingerprint density at radius 2 is 1.82 bits per heavy atom. The molecule has 2 aromatic carbocycles. The van der Waals surface area contributed by atoms with Gasteiger partial charge in [0.1, 0.15) is 11.0 Å². The molecule has 1 heterocycles. The highest BCUT2D eigenvalue weighted by molar-refractivity contribution is 7.95. The van der Waals surface area contributed by atoms with Crippen LogP contribution < -0.4 is 0 Å². The van der Waals surface area contributed by atoms with Crippen molar-refractivity contribution in [3.63, 3.8) is 0 Å². The van der Waals surface area contributed by atoms with E-state index in [0.29, 0.717) is 17.0 Å². The fraction of sp³-hybridized carbons (Fsp3) is 0.100. The normalized spacial score (nSPS) is 12.0. The Kier molecular flexibility index (Phi) is 5.61. The molecule has 0 radical (unpaired) electrons. The van der Waals surface area contributed by atoms with E-state index in [9.17, 15) is 13.7 Å². The molecule has 0 aliphatic heterocycles. The van der Waals surface area contributed by atoms with Crippen LogP contribution in [-0.4, -0.2) is 18.2 Å². The van der Waals surface area contributed by atoms with Gasteiger partial charge in [-0.3, -0.25) is 0 Å². The lowest BCUT2D eigenvalue weighted by atomic mass is 10.2. The summed E-state index contributed by atoms with van der Waals surface area (Å²) < 4.78 is 27.7. The van der Waals surface area contributed by atoms with Gasteiger partial charge in [0.25, 0.3) is 0 Å². The topological polar surface area (TPSA) is 75.8 Å². The van der Waals surface area contributed by atoms with E-state index in [4.69, 9.17) is 23.2 Å². The molecular formula is C20H15Cl2N3O2S. The quantitative estimate of drug-likeness (QED) is 0.536. The number of hydrogen-bond donors (Lipinski definition) is 0. The van der Waals surface area contributed by atoms with Crippen molar-refractivity contribution in [2.45, 2.75) is 18.7 Å². The van der Waals surface area contributed by atoms with Crippen molar-refractivity contribution < 1.29 is 8.42 Å². The molecule has 0 saturated carbocycles. The van der Waals surface area contributed by atoms with Gasteiger partial charge in [-0.05, 0) is 50.3 Å². The molecule has 142 valence electrons. The number of nitriles is 1. The zero-order valence-corrected chi connectivity index (χ0v) is 17.3. The van der Waals surface area contributed by atoms with Gasteiger partial charge in [0.2, 0.25) is 9.84 Å². The number of allylic oxidation sites excluding steroid dienone is 1. The molecule has 3 aromatic rings. The van der Waals surface area contributed by atoms with Gasteiger partial charge in [0.15, 0.2) is 0 Å². The molecule has 5 nitrogen and oxygen atoms in total. The van der Waals surface area contributed by atoms with Crippen molar-refractivity contribution in [3.05, 3.63) is 80.4 Å². The van der Waals surface area contributed by atoms with E-state index in [-0.39, 0.29) is 14.9 Å². The van der Waals surface area contributed by atoms with E-state index >= 15 is 0 Å². The summed E-state index contributed by atoms with van der Waals surface area (Å²) >= 11 is 12.0. The van der Waals surface area contributed by atoms with E-state index in [0.717, 1.165) is 5.69 Å². The summed E-state index contributed by atoms with van der Waals surface area (Å²) in [6, 6.07) is 15.3. The summed E-state index contributed by atoms with van der Waals surface area (Å²) in [7, 11) is -4.14. The van der Waals surface area contributed by atoms with Crippen molar-refractivity contribution in [3.8, 4) is 11.8 Å². The number of benzene rings is 2. The third-order valence-corrected chi connectivity index (χ3v) is 6.59. The van der Waals surface area contributed by atoms with Crippen LogP contribution in [0.25, 0.3) is 11.8 Å². The number of aromatic nitrogens is 2. The van der Waals surface area contributed by atoms with E-state index in [1.54, 1.807) is 17.7 Å². The maximum absolute atomic E-state index is 13.0. The van der Waals surface area contributed by atoms with Crippen LogP contribution in [0.2, 0.25) is 10.0 Å². The molecule has 3 rings (SSSR count). The van der Waals surface area contributed by atoms with Crippen LogP contribution in [0.4, 0.5) is 0 Å². The summed E-state index contributed by atoms with van der Waals surface area (Å²) in [4.78, 5) is -0.643. The number of halogens is 2. The Bertz CT molecular complexity index is 1220. The van der Waals surface area contributed by atoms with Gasteiger partial charge in [-0.1, -0.05) is 41.4 Å². The average molecular weight is 432 g/mol. The Labute approximate surface area is 173 Å². The Morgan fingerprint density at radius 1 is 1.14 bits per heavy atom. The zero-order chi connectivity index (χ0) is 20.5. The molecule has 0 fully saturated rings. The summed E-state index contributed by atoms with van der Waals surface area (Å²) in [5.41, 5.74) is 2.70. The van der Waals surface area contributed by atoms with E-state index < -0.39 is 14.7 Å². The highest BCUT2D eigenvalue weighted by atomic mass is 35.5. The van der Waals surface area contributed by atoms with Gasteiger partial charge in [-0.25, -0.2) is 13.1 Å². The minimum Gasteiger partial charge on any atom is -0.237 e. The highest BCUT2D eigenvalue weighted by Crippen LogP contribution is 2.31. The van der Waals surface area contributed by atoms with E-state index in [2.05, 4.69) is 5.10 Å². The number of sulfone groups is 1.